The maximum Gasteiger partial charge on any atom is 0.141 e. The Morgan fingerprint density at radius 3 is 2.28 bits per heavy atom. The van der Waals surface area contributed by atoms with Gasteiger partial charge < -0.3 is 4.90 Å². The highest BCUT2D eigenvalue weighted by Gasteiger charge is 2.17. The van der Waals surface area contributed by atoms with Gasteiger partial charge in [-0.1, -0.05) is 52.0 Å². The molecular formula is C21H27N3S. The van der Waals surface area contributed by atoms with E-state index in [0.717, 1.165) is 36.6 Å². The molecule has 3 nitrogen and oxygen atoms in total. The average Bonchev–Trinajstić information content (AvgIpc) is 3.06. The summed E-state index contributed by atoms with van der Waals surface area (Å²) in [6, 6.07) is 8.95. The third-order valence-electron chi connectivity index (χ3n) is 4.53. The Labute approximate surface area is 154 Å². The van der Waals surface area contributed by atoms with E-state index in [2.05, 4.69) is 72.2 Å². The number of benzene rings is 1. The van der Waals surface area contributed by atoms with Gasteiger partial charge >= 0.3 is 0 Å². The van der Waals surface area contributed by atoms with Crippen molar-refractivity contribution in [2.45, 2.75) is 46.5 Å². The fourth-order valence-corrected chi connectivity index (χ4v) is 4.13. The summed E-state index contributed by atoms with van der Waals surface area (Å²) in [6.07, 6.45) is 3.94. The van der Waals surface area contributed by atoms with E-state index < -0.39 is 0 Å². The van der Waals surface area contributed by atoms with Crippen LogP contribution in [0.5, 0.6) is 0 Å². The van der Waals surface area contributed by atoms with E-state index in [1.807, 2.05) is 0 Å². The van der Waals surface area contributed by atoms with Gasteiger partial charge in [0.05, 0.1) is 5.39 Å². The van der Waals surface area contributed by atoms with Crippen LogP contribution in [0.25, 0.3) is 21.3 Å². The van der Waals surface area contributed by atoms with Crippen LogP contribution in [-0.4, -0.2) is 23.1 Å². The van der Waals surface area contributed by atoms with Crippen LogP contribution in [0.3, 0.4) is 0 Å². The molecule has 3 aromatic rings. The molecule has 0 amide bonds. The van der Waals surface area contributed by atoms with E-state index in [9.17, 15) is 0 Å². The van der Waals surface area contributed by atoms with E-state index >= 15 is 0 Å². The minimum atomic E-state index is 0.553. The van der Waals surface area contributed by atoms with Crippen LogP contribution in [-0.2, 0) is 0 Å². The molecule has 2 heterocycles. The third-order valence-corrected chi connectivity index (χ3v) is 5.41. The number of hydrogen-bond donors (Lipinski definition) is 0. The predicted octanol–water partition coefficient (Wildman–Crippen LogP) is 6.11. The molecule has 0 saturated carbocycles. The molecule has 3 rings (SSSR count). The second kappa shape index (κ2) is 7.96. The summed E-state index contributed by atoms with van der Waals surface area (Å²) < 4.78 is 0. The second-order valence-corrected chi connectivity index (χ2v) is 7.65. The Kier molecular flexibility index (Phi) is 5.69. The van der Waals surface area contributed by atoms with Crippen LogP contribution < -0.4 is 4.90 Å². The standard InChI is InChI=1S/C21H27N3S/c1-5-11-24(12-6-2)20-19-18(13-25-21(19)23-14-22-20)17-9-7-16(8-10-17)15(3)4/h7-10,13-15H,5-6,11-12H2,1-4H3. The smallest absolute Gasteiger partial charge is 0.141 e. The molecule has 0 bridgehead atoms. The maximum absolute atomic E-state index is 4.67. The van der Waals surface area contributed by atoms with Crippen LogP contribution in [0.2, 0.25) is 0 Å². The first-order chi connectivity index (χ1) is 12.2. The molecule has 1 aromatic carbocycles. The van der Waals surface area contributed by atoms with Gasteiger partial charge in [-0.15, -0.1) is 11.3 Å². The molecule has 0 aliphatic rings. The summed E-state index contributed by atoms with van der Waals surface area (Å²) >= 11 is 1.71. The Bertz CT molecular complexity index is 815. The number of anilines is 1. The average molecular weight is 354 g/mol. The summed E-state index contributed by atoms with van der Waals surface area (Å²) in [5.74, 6) is 1.63. The summed E-state index contributed by atoms with van der Waals surface area (Å²) in [6.45, 7) is 11.0. The minimum Gasteiger partial charge on any atom is -0.356 e. The number of thiophene rings is 1. The SMILES string of the molecule is CCCN(CCC)c1ncnc2scc(-c3ccc(C(C)C)cc3)c12. The number of rotatable bonds is 7. The second-order valence-electron chi connectivity index (χ2n) is 6.79. The van der Waals surface area contributed by atoms with E-state index in [0.29, 0.717) is 5.92 Å². The van der Waals surface area contributed by atoms with Gasteiger partial charge in [0.1, 0.15) is 17.0 Å². The Balaban J connectivity index is 2.10. The monoisotopic (exact) mass is 353 g/mol. The summed E-state index contributed by atoms with van der Waals surface area (Å²) in [5, 5.41) is 3.43. The summed E-state index contributed by atoms with van der Waals surface area (Å²) in [7, 11) is 0. The Hall–Kier alpha value is -1.94. The molecule has 0 atom stereocenters. The molecular weight excluding hydrogens is 326 g/mol. The summed E-state index contributed by atoms with van der Waals surface area (Å²) in [5.41, 5.74) is 3.88. The van der Waals surface area contributed by atoms with Gasteiger partial charge in [-0.2, -0.15) is 0 Å². The number of nitrogens with zero attached hydrogens (tertiary/aromatic N) is 3. The highest BCUT2D eigenvalue weighted by atomic mass is 32.1. The van der Waals surface area contributed by atoms with E-state index in [-0.39, 0.29) is 0 Å². The van der Waals surface area contributed by atoms with Crippen molar-refractivity contribution >= 4 is 27.4 Å². The Morgan fingerprint density at radius 1 is 1.00 bits per heavy atom. The number of hydrogen-bond acceptors (Lipinski definition) is 4. The fourth-order valence-electron chi connectivity index (χ4n) is 3.22. The molecule has 0 radical (unpaired) electrons. The highest BCUT2D eigenvalue weighted by molar-refractivity contribution is 7.17. The van der Waals surface area contributed by atoms with E-state index in [4.69, 9.17) is 0 Å². The van der Waals surface area contributed by atoms with Gasteiger partial charge in [-0.05, 0) is 29.9 Å². The van der Waals surface area contributed by atoms with Gasteiger partial charge in [0.2, 0.25) is 0 Å². The van der Waals surface area contributed by atoms with Crippen molar-refractivity contribution in [3.05, 3.63) is 41.5 Å². The molecule has 0 N–H and O–H groups in total. The van der Waals surface area contributed by atoms with Gasteiger partial charge in [0.25, 0.3) is 0 Å². The molecule has 25 heavy (non-hydrogen) atoms. The predicted molar refractivity (Wildman–Crippen MR) is 110 cm³/mol. The number of fused-ring (bicyclic) bond motifs is 1. The van der Waals surface area contributed by atoms with Gasteiger partial charge in [-0.3, -0.25) is 0 Å². The van der Waals surface area contributed by atoms with Crippen molar-refractivity contribution in [3.8, 4) is 11.1 Å². The van der Waals surface area contributed by atoms with Crippen LogP contribution in [0.1, 0.15) is 52.0 Å². The van der Waals surface area contributed by atoms with Crippen molar-refractivity contribution in [1.29, 1.82) is 0 Å². The lowest BCUT2D eigenvalue weighted by Gasteiger charge is -2.23. The normalized spacial score (nSPS) is 11.4. The number of aromatic nitrogens is 2. The largest absolute Gasteiger partial charge is 0.356 e. The minimum absolute atomic E-state index is 0.553. The Morgan fingerprint density at radius 2 is 1.68 bits per heavy atom. The van der Waals surface area contributed by atoms with Crippen molar-refractivity contribution in [2.24, 2.45) is 0 Å². The zero-order valence-corrected chi connectivity index (χ0v) is 16.4. The molecule has 4 heteroatoms. The zero-order chi connectivity index (χ0) is 17.8. The van der Waals surface area contributed by atoms with Crippen LogP contribution in [0.4, 0.5) is 5.82 Å². The van der Waals surface area contributed by atoms with Crippen LogP contribution in [0.15, 0.2) is 36.0 Å². The molecule has 0 spiro atoms. The van der Waals surface area contributed by atoms with Gasteiger partial charge in [0.15, 0.2) is 0 Å². The van der Waals surface area contributed by atoms with Crippen molar-refractivity contribution in [3.63, 3.8) is 0 Å². The van der Waals surface area contributed by atoms with Crippen LogP contribution in [0, 0.1) is 0 Å². The highest BCUT2D eigenvalue weighted by Crippen LogP contribution is 2.38. The fraction of sp³-hybridized carbons (Fsp3) is 0.429. The van der Waals surface area contributed by atoms with Crippen molar-refractivity contribution in [2.75, 3.05) is 18.0 Å². The van der Waals surface area contributed by atoms with Gasteiger partial charge in [0, 0.05) is 24.0 Å². The van der Waals surface area contributed by atoms with E-state index in [1.54, 1.807) is 17.7 Å². The zero-order valence-electron chi connectivity index (χ0n) is 15.6. The van der Waals surface area contributed by atoms with Crippen molar-refractivity contribution in [1.82, 2.24) is 9.97 Å². The quantitative estimate of drug-likeness (QED) is 0.513. The molecule has 0 aliphatic carbocycles. The first kappa shape index (κ1) is 17.9. The first-order valence-electron chi connectivity index (χ1n) is 9.23. The molecule has 0 aliphatic heterocycles. The van der Waals surface area contributed by atoms with Crippen molar-refractivity contribution < 1.29 is 0 Å². The van der Waals surface area contributed by atoms with Crippen LogP contribution >= 0.6 is 11.3 Å². The van der Waals surface area contributed by atoms with E-state index in [1.165, 1.54) is 22.1 Å². The first-order valence-corrected chi connectivity index (χ1v) is 10.1. The topological polar surface area (TPSA) is 29.0 Å². The molecule has 0 saturated heterocycles. The molecule has 2 aromatic heterocycles. The lowest BCUT2D eigenvalue weighted by molar-refractivity contribution is 0.736. The summed E-state index contributed by atoms with van der Waals surface area (Å²) in [4.78, 5) is 12.7. The molecule has 0 unspecified atom stereocenters. The maximum atomic E-state index is 4.67. The molecule has 0 fully saturated rings. The lowest BCUT2D eigenvalue weighted by atomic mass is 9.99. The molecule has 132 valence electrons. The van der Waals surface area contributed by atoms with Gasteiger partial charge in [-0.25, -0.2) is 9.97 Å². The third kappa shape index (κ3) is 3.69. The lowest BCUT2D eigenvalue weighted by Crippen LogP contribution is -2.26.